The van der Waals surface area contributed by atoms with E-state index >= 15 is 0 Å². The Bertz CT molecular complexity index is 544. The molecular formula is C19H30N2O4. The first-order valence-electron chi connectivity index (χ1n) is 8.96. The number of hydrogen-bond acceptors (Lipinski definition) is 4. The predicted octanol–water partition coefficient (Wildman–Crippen LogP) is 3.75. The van der Waals surface area contributed by atoms with Crippen molar-refractivity contribution in [3.8, 4) is 17.2 Å². The summed E-state index contributed by atoms with van der Waals surface area (Å²) in [6.07, 6.45) is 5.83. The van der Waals surface area contributed by atoms with Crippen LogP contribution in [0.2, 0.25) is 0 Å². The number of benzene rings is 1. The van der Waals surface area contributed by atoms with E-state index in [2.05, 4.69) is 5.32 Å². The lowest BCUT2D eigenvalue weighted by Gasteiger charge is -2.27. The number of amides is 2. The lowest BCUT2D eigenvalue weighted by atomic mass is 10.1. The summed E-state index contributed by atoms with van der Waals surface area (Å²) in [4.78, 5) is 14.5. The number of nitrogens with one attached hydrogen (secondary N) is 1. The summed E-state index contributed by atoms with van der Waals surface area (Å²) in [5.74, 6) is 1.73. The highest BCUT2D eigenvalue weighted by molar-refractivity contribution is 5.74. The van der Waals surface area contributed by atoms with Gasteiger partial charge in [0.1, 0.15) is 0 Å². The van der Waals surface area contributed by atoms with Gasteiger partial charge >= 0.3 is 6.03 Å². The normalized spacial score (nSPS) is 16.4. The molecule has 1 aromatic rings. The van der Waals surface area contributed by atoms with Crippen LogP contribution in [0, 0.1) is 0 Å². The van der Waals surface area contributed by atoms with Crippen LogP contribution >= 0.6 is 0 Å². The Kier molecular flexibility index (Phi) is 7.22. The number of methoxy groups -OCH3 is 3. The molecule has 0 spiro atoms. The van der Waals surface area contributed by atoms with Gasteiger partial charge in [0.15, 0.2) is 11.5 Å². The molecule has 1 atom stereocenters. The molecule has 0 bridgehead atoms. The summed E-state index contributed by atoms with van der Waals surface area (Å²) in [5, 5.41) is 3.09. The van der Waals surface area contributed by atoms with Gasteiger partial charge in [0.05, 0.1) is 27.4 Å². The summed E-state index contributed by atoms with van der Waals surface area (Å²) >= 11 is 0. The van der Waals surface area contributed by atoms with Crippen molar-refractivity contribution in [2.24, 2.45) is 0 Å². The molecular weight excluding hydrogens is 320 g/mol. The van der Waals surface area contributed by atoms with Gasteiger partial charge in [-0.1, -0.05) is 19.3 Å². The van der Waals surface area contributed by atoms with Crippen molar-refractivity contribution in [1.29, 1.82) is 0 Å². The van der Waals surface area contributed by atoms with Crippen LogP contribution in [0.25, 0.3) is 0 Å². The van der Waals surface area contributed by atoms with Crippen LogP contribution in [0.15, 0.2) is 12.1 Å². The second-order valence-corrected chi connectivity index (χ2v) is 6.38. The van der Waals surface area contributed by atoms with Crippen LogP contribution in [0.5, 0.6) is 17.2 Å². The predicted molar refractivity (Wildman–Crippen MR) is 97.7 cm³/mol. The Hall–Kier alpha value is -2.11. The van der Waals surface area contributed by atoms with E-state index in [-0.39, 0.29) is 12.1 Å². The number of carbonyl (C=O) groups excluding carboxylic acids is 1. The van der Waals surface area contributed by atoms with Crippen molar-refractivity contribution in [1.82, 2.24) is 10.2 Å². The monoisotopic (exact) mass is 350 g/mol. The van der Waals surface area contributed by atoms with Gasteiger partial charge in [-0.3, -0.25) is 0 Å². The van der Waals surface area contributed by atoms with Crippen LogP contribution in [-0.4, -0.2) is 45.3 Å². The number of ether oxygens (including phenoxy) is 3. The maximum atomic E-state index is 12.6. The first-order chi connectivity index (χ1) is 12.1. The van der Waals surface area contributed by atoms with E-state index in [0.717, 1.165) is 31.5 Å². The summed E-state index contributed by atoms with van der Waals surface area (Å²) < 4.78 is 16.1. The molecule has 1 heterocycles. The van der Waals surface area contributed by atoms with Gasteiger partial charge in [-0.05, 0) is 37.5 Å². The number of carbonyl (C=O) groups is 1. The highest BCUT2D eigenvalue weighted by Crippen LogP contribution is 2.39. The first-order valence-corrected chi connectivity index (χ1v) is 8.96. The zero-order valence-electron chi connectivity index (χ0n) is 15.8. The summed E-state index contributed by atoms with van der Waals surface area (Å²) in [5.41, 5.74) is 0.912. The van der Waals surface area contributed by atoms with E-state index in [1.54, 1.807) is 21.3 Å². The minimum Gasteiger partial charge on any atom is -0.493 e. The molecule has 1 aromatic carbocycles. The molecule has 1 aliphatic heterocycles. The van der Waals surface area contributed by atoms with Crippen LogP contribution in [-0.2, 0) is 0 Å². The fourth-order valence-electron chi connectivity index (χ4n) is 3.16. The average Bonchev–Trinajstić information content (AvgIpc) is 2.59. The molecule has 1 saturated heterocycles. The summed E-state index contributed by atoms with van der Waals surface area (Å²) in [7, 11) is 4.75. The molecule has 1 fully saturated rings. The smallest absolute Gasteiger partial charge is 0.317 e. The van der Waals surface area contributed by atoms with Crippen LogP contribution < -0.4 is 19.5 Å². The minimum atomic E-state index is -0.161. The molecule has 1 aliphatic rings. The van der Waals surface area contributed by atoms with Crippen molar-refractivity contribution < 1.29 is 19.0 Å². The molecule has 0 radical (unpaired) electrons. The zero-order valence-corrected chi connectivity index (χ0v) is 15.8. The van der Waals surface area contributed by atoms with Gasteiger partial charge < -0.3 is 24.4 Å². The molecule has 0 aliphatic carbocycles. The molecule has 0 unspecified atom stereocenters. The molecule has 0 aromatic heterocycles. The molecule has 2 amide bonds. The highest BCUT2D eigenvalue weighted by Gasteiger charge is 2.20. The summed E-state index contributed by atoms with van der Waals surface area (Å²) in [6.45, 7) is 3.62. The fourth-order valence-corrected chi connectivity index (χ4v) is 3.16. The highest BCUT2D eigenvalue weighted by atomic mass is 16.5. The van der Waals surface area contributed by atoms with Gasteiger partial charge in [0, 0.05) is 13.1 Å². The number of nitrogens with zero attached hydrogens (tertiary/aromatic N) is 1. The molecule has 2 rings (SSSR count). The lowest BCUT2D eigenvalue weighted by molar-refractivity contribution is 0.189. The van der Waals surface area contributed by atoms with Crippen molar-refractivity contribution >= 4 is 6.03 Å². The van der Waals surface area contributed by atoms with Gasteiger partial charge in [0.25, 0.3) is 0 Å². The standard InChI is InChI=1S/C19H30N2O4/c1-14(20-19(22)21-10-8-6-5-7-9-11-21)15-12-16(23-2)18(25-4)17(13-15)24-3/h12-14H,5-11H2,1-4H3,(H,20,22)/t14-/m0/s1. The maximum Gasteiger partial charge on any atom is 0.317 e. The third-order valence-corrected chi connectivity index (χ3v) is 4.67. The minimum absolute atomic E-state index is 0.0110. The molecule has 6 heteroatoms. The molecule has 140 valence electrons. The molecule has 0 saturated carbocycles. The first kappa shape index (κ1) is 19.2. The maximum absolute atomic E-state index is 12.6. The van der Waals surface area contributed by atoms with Gasteiger partial charge in [0.2, 0.25) is 5.75 Å². The topological polar surface area (TPSA) is 60.0 Å². The number of hydrogen-bond donors (Lipinski definition) is 1. The van der Waals surface area contributed by atoms with E-state index in [9.17, 15) is 4.79 Å². The van der Waals surface area contributed by atoms with Crippen molar-refractivity contribution in [3.63, 3.8) is 0 Å². The second kappa shape index (κ2) is 9.39. The van der Waals surface area contributed by atoms with Crippen LogP contribution in [0.1, 0.15) is 50.6 Å². The van der Waals surface area contributed by atoms with Gasteiger partial charge in [-0.2, -0.15) is 0 Å². The fraction of sp³-hybridized carbons (Fsp3) is 0.632. The van der Waals surface area contributed by atoms with E-state index in [1.807, 2.05) is 24.0 Å². The lowest BCUT2D eigenvalue weighted by Crippen LogP contribution is -2.42. The van der Waals surface area contributed by atoms with Crippen LogP contribution in [0.4, 0.5) is 4.79 Å². The third kappa shape index (κ3) is 4.94. The van der Waals surface area contributed by atoms with Crippen molar-refractivity contribution in [3.05, 3.63) is 17.7 Å². The Morgan fingerprint density at radius 3 is 1.96 bits per heavy atom. The molecule has 6 nitrogen and oxygen atoms in total. The Morgan fingerprint density at radius 1 is 0.960 bits per heavy atom. The average molecular weight is 350 g/mol. The van der Waals surface area contributed by atoms with E-state index in [4.69, 9.17) is 14.2 Å². The van der Waals surface area contributed by atoms with Gasteiger partial charge in [-0.25, -0.2) is 4.79 Å². The largest absolute Gasteiger partial charge is 0.493 e. The zero-order chi connectivity index (χ0) is 18.2. The van der Waals surface area contributed by atoms with Gasteiger partial charge in [-0.15, -0.1) is 0 Å². The molecule has 1 N–H and O–H groups in total. The second-order valence-electron chi connectivity index (χ2n) is 6.38. The van der Waals surface area contributed by atoms with Crippen molar-refractivity contribution in [2.45, 2.75) is 45.1 Å². The SMILES string of the molecule is COc1cc([C@H](C)NC(=O)N2CCCCCCC2)cc(OC)c1OC. The van der Waals surface area contributed by atoms with E-state index < -0.39 is 0 Å². The van der Waals surface area contributed by atoms with E-state index in [1.165, 1.54) is 19.3 Å². The number of likely N-dealkylation sites (tertiary alicyclic amines) is 1. The Balaban J connectivity index is 2.11. The summed E-state index contributed by atoms with van der Waals surface area (Å²) in [6, 6.07) is 3.58. The van der Waals surface area contributed by atoms with Crippen molar-refractivity contribution in [2.75, 3.05) is 34.4 Å². The Morgan fingerprint density at radius 2 is 1.48 bits per heavy atom. The molecule has 25 heavy (non-hydrogen) atoms. The van der Waals surface area contributed by atoms with E-state index in [0.29, 0.717) is 17.2 Å². The number of rotatable bonds is 5. The van der Waals surface area contributed by atoms with Crippen LogP contribution in [0.3, 0.4) is 0 Å². The quantitative estimate of drug-likeness (QED) is 0.879. The Labute approximate surface area is 150 Å². The third-order valence-electron chi connectivity index (χ3n) is 4.67. The number of urea groups is 1.